The average Bonchev–Trinajstić information content (AvgIpc) is 3.43. The number of thiocarbonyl (C=S) groups is 1. The fraction of sp³-hybridized carbons (Fsp3) is 0.258. The number of rotatable bonds is 8. The highest BCUT2D eigenvalue weighted by molar-refractivity contribution is 7.80. The molecule has 0 aliphatic carbocycles. The fourth-order valence-electron chi connectivity index (χ4n) is 5.44. The molecule has 1 aliphatic heterocycles. The number of nitrogens with zero attached hydrogens (tertiary/aromatic N) is 3. The monoisotopic (exact) mass is 541 g/mol. The minimum Gasteiger partial charge on any atom is -0.352 e. The van der Waals surface area contributed by atoms with Gasteiger partial charge in [-0.1, -0.05) is 31.2 Å². The Kier molecular flexibility index (Phi) is 7.74. The molecule has 2 aromatic heterocycles. The molecule has 0 saturated carbocycles. The van der Waals surface area contributed by atoms with E-state index in [4.69, 9.17) is 12.2 Å². The molecule has 1 fully saturated rings. The second-order valence-corrected chi connectivity index (χ2v) is 10.2. The van der Waals surface area contributed by atoms with Crippen molar-refractivity contribution in [3.63, 3.8) is 0 Å². The number of anilines is 1. The maximum absolute atomic E-state index is 13.6. The molecule has 1 amide bonds. The lowest BCUT2D eigenvalue weighted by molar-refractivity contribution is -0.116. The molecule has 5 rings (SSSR count). The van der Waals surface area contributed by atoms with Crippen LogP contribution < -0.4 is 10.6 Å². The number of benzene rings is 2. The van der Waals surface area contributed by atoms with Crippen LogP contribution in [-0.4, -0.2) is 32.0 Å². The molecule has 2 aromatic carbocycles. The molecule has 2 N–H and O–H groups in total. The van der Waals surface area contributed by atoms with Gasteiger partial charge in [-0.25, -0.2) is 4.39 Å². The summed E-state index contributed by atoms with van der Waals surface area (Å²) in [5.74, 6) is -0.330. The van der Waals surface area contributed by atoms with Gasteiger partial charge in [-0.2, -0.15) is 0 Å². The molecule has 0 spiro atoms. The number of nitrogens with one attached hydrogen (secondary N) is 2. The van der Waals surface area contributed by atoms with Crippen LogP contribution in [0.2, 0.25) is 0 Å². The number of carbonyl (C=O) groups excluding carboxylic acids is 1. The van der Waals surface area contributed by atoms with E-state index in [1.54, 1.807) is 18.3 Å². The van der Waals surface area contributed by atoms with E-state index in [9.17, 15) is 9.18 Å². The van der Waals surface area contributed by atoms with Crippen molar-refractivity contribution in [1.82, 2.24) is 19.8 Å². The third-order valence-electron chi connectivity index (χ3n) is 7.32. The number of amides is 1. The largest absolute Gasteiger partial charge is 0.352 e. The zero-order valence-corrected chi connectivity index (χ0v) is 23.1. The van der Waals surface area contributed by atoms with Gasteiger partial charge in [0.2, 0.25) is 5.91 Å². The second kappa shape index (κ2) is 11.4. The molecule has 6 nitrogen and oxygen atoms in total. The van der Waals surface area contributed by atoms with Crippen LogP contribution in [0.3, 0.4) is 0 Å². The Morgan fingerprint density at radius 3 is 2.54 bits per heavy atom. The van der Waals surface area contributed by atoms with Crippen LogP contribution in [0.5, 0.6) is 0 Å². The number of carbonyl (C=O) groups is 1. The van der Waals surface area contributed by atoms with E-state index in [-0.39, 0.29) is 30.2 Å². The predicted molar refractivity (Wildman–Crippen MR) is 156 cm³/mol. The van der Waals surface area contributed by atoms with Crippen LogP contribution in [0.15, 0.2) is 79.0 Å². The number of para-hydroxylation sites is 1. The first-order valence-electron chi connectivity index (χ1n) is 13.2. The first-order chi connectivity index (χ1) is 18.9. The molecule has 8 heteroatoms. The van der Waals surface area contributed by atoms with Crippen LogP contribution in [-0.2, 0) is 11.2 Å². The summed E-state index contributed by atoms with van der Waals surface area (Å²) in [5.41, 5.74) is 6.85. The summed E-state index contributed by atoms with van der Waals surface area (Å²) in [7, 11) is 0. The minimum absolute atomic E-state index is 0.0597. The molecule has 1 saturated heterocycles. The molecular formula is C31H32FN5OS. The van der Waals surface area contributed by atoms with E-state index in [1.807, 2.05) is 49.4 Å². The van der Waals surface area contributed by atoms with Crippen molar-refractivity contribution in [2.24, 2.45) is 0 Å². The van der Waals surface area contributed by atoms with Gasteiger partial charge in [0.25, 0.3) is 0 Å². The number of pyridine rings is 1. The zero-order valence-electron chi connectivity index (χ0n) is 22.3. The number of aryl methyl sites for hydroxylation is 2. The number of aromatic nitrogens is 2. The highest BCUT2D eigenvalue weighted by Gasteiger charge is 2.41. The van der Waals surface area contributed by atoms with Crippen LogP contribution >= 0.6 is 12.2 Å². The van der Waals surface area contributed by atoms with Crippen molar-refractivity contribution >= 4 is 28.9 Å². The molecule has 3 heterocycles. The van der Waals surface area contributed by atoms with Crippen LogP contribution in [0.25, 0.3) is 5.69 Å². The molecule has 0 unspecified atom stereocenters. The molecule has 2 atom stereocenters. The van der Waals surface area contributed by atoms with Gasteiger partial charge in [-0.3, -0.25) is 9.78 Å². The summed E-state index contributed by atoms with van der Waals surface area (Å²) < 4.78 is 15.8. The SMILES string of the molecule is CCc1ccccc1NC(=O)CCN1C(=S)N[C@@H](c2ccccn2)[C@H]1c1cc(C)n(-c2ccc(F)cc2)c1C. The second-order valence-electron chi connectivity index (χ2n) is 9.77. The zero-order chi connectivity index (χ0) is 27.5. The van der Waals surface area contributed by atoms with Gasteiger partial charge >= 0.3 is 0 Å². The molecule has 200 valence electrons. The number of hydrogen-bond acceptors (Lipinski definition) is 3. The van der Waals surface area contributed by atoms with Gasteiger partial charge < -0.3 is 20.1 Å². The molecule has 4 aromatic rings. The van der Waals surface area contributed by atoms with E-state index >= 15 is 0 Å². The summed E-state index contributed by atoms with van der Waals surface area (Å²) in [6.07, 6.45) is 2.90. The van der Waals surface area contributed by atoms with Gasteiger partial charge in [-0.05, 0) is 92.1 Å². The quantitative estimate of drug-likeness (QED) is 0.261. The Morgan fingerprint density at radius 2 is 1.82 bits per heavy atom. The van der Waals surface area contributed by atoms with Crippen molar-refractivity contribution in [2.45, 2.75) is 45.7 Å². The third-order valence-corrected chi connectivity index (χ3v) is 7.68. The molecule has 1 aliphatic rings. The number of hydrogen-bond donors (Lipinski definition) is 2. The number of halogens is 1. The predicted octanol–water partition coefficient (Wildman–Crippen LogP) is 6.19. The van der Waals surface area contributed by atoms with E-state index in [1.165, 1.54) is 12.1 Å². The van der Waals surface area contributed by atoms with Gasteiger partial charge in [-0.15, -0.1) is 0 Å². The Balaban J connectivity index is 1.46. The van der Waals surface area contributed by atoms with Gasteiger partial charge in [0.1, 0.15) is 5.82 Å². The Labute approximate surface area is 233 Å². The normalized spacial score (nSPS) is 16.8. The van der Waals surface area contributed by atoms with Crippen molar-refractivity contribution in [3.05, 3.63) is 113 Å². The Bertz CT molecular complexity index is 1480. The van der Waals surface area contributed by atoms with E-state index < -0.39 is 0 Å². The molecule has 0 radical (unpaired) electrons. The third kappa shape index (κ3) is 5.43. The lowest BCUT2D eigenvalue weighted by atomic mass is 9.96. The smallest absolute Gasteiger partial charge is 0.226 e. The molecule has 39 heavy (non-hydrogen) atoms. The highest BCUT2D eigenvalue weighted by atomic mass is 32.1. The molecule has 0 bridgehead atoms. The van der Waals surface area contributed by atoms with Gasteiger partial charge in [0.05, 0.1) is 17.8 Å². The van der Waals surface area contributed by atoms with Gasteiger partial charge in [0.15, 0.2) is 5.11 Å². The van der Waals surface area contributed by atoms with Crippen molar-refractivity contribution in [1.29, 1.82) is 0 Å². The van der Waals surface area contributed by atoms with Crippen molar-refractivity contribution in [3.8, 4) is 5.69 Å². The van der Waals surface area contributed by atoms with Crippen molar-refractivity contribution in [2.75, 3.05) is 11.9 Å². The van der Waals surface area contributed by atoms with E-state index in [0.717, 1.165) is 46.0 Å². The maximum Gasteiger partial charge on any atom is 0.226 e. The van der Waals surface area contributed by atoms with E-state index in [2.05, 4.69) is 45.0 Å². The first-order valence-corrected chi connectivity index (χ1v) is 13.6. The topological polar surface area (TPSA) is 62.2 Å². The first kappa shape index (κ1) is 26.6. The lowest BCUT2D eigenvalue weighted by Crippen LogP contribution is -2.33. The van der Waals surface area contributed by atoms with Crippen LogP contribution in [0.4, 0.5) is 10.1 Å². The minimum atomic E-state index is -0.270. The summed E-state index contributed by atoms with van der Waals surface area (Å²) in [6.45, 7) is 6.62. The van der Waals surface area contributed by atoms with Crippen LogP contribution in [0, 0.1) is 19.7 Å². The Hall–Kier alpha value is -4.04. The highest BCUT2D eigenvalue weighted by Crippen LogP contribution is 2.41. The molecular weight excluding hydrogens is 509 g/mol. The van der Waals surface area contributed by atoms with Crippen molar-refractivity contribution < 1.29 is 9.18 Å². The lowest BCUT2D eigenvalue weighted by Gasteiger charge is -2.28. The summed E-state index contributed by atoms with van der Waals surface area (Å²) in [4.78, 5) is 19.7. The average molecular weight is 542 g/mol. The summed E-state index contributed by atoms with van der Waals surface area (Å²) in [5, 5.41) is 7.13. The Morgan fingerprint density at radius 1 is 1.08 bits per heavy atom. The van der Waals surface area contributed by atoms with Crippen LogP contribution in [0.1, 0.15) is 53.6 Å². The summed E-state index contributed by atoms with van der Waals surface area (Å²) in [6, 6.07) is 22.0. The summed E-state index contributed by atoms with van der Waals surface area (Å²) >= 11 is 5.81. The van der Waals surface area contributed by atoms with Gasteiger partial charge in [0, 0.05) is 41.9 Å². The fourth-order valence-corrected chi connectivity index (χ4v) is 5.78. The maximum atomic E-state index is 13.6. The van der Waals surface area contributed by atoms with E-state index in [0.29, 0.717) is 11.7 Å². The standard InChI is InChI=1S/C31H32FN5OS/c1-4-22-9-5-6-10-26(22)34-28(38)16-18-36-30(29(35-31(36)39)27-11-7-8-17-33-27)25-19-20(2)37(21(25)3)24-14-12-23(32)13-15-24/h5-15,17,19,29-30H,4,16,18H2,1-3H3,(H,34,38)(H,35,39)/t29-,30+/m0/s1.